The van der Waals surface area contributed by atoms with Crippen molar-refractivity contribution in [2.45, 2.75) is 13.1 Å². The summed E-state index contributed by atoms with van der Waals surface area (Å²) in [6.07, 6.45) is 3.44. The van der Waals surface area contributed by atoms with Crippen LogP contribution in [0.2, 0.25) is 0 Å². The van der Waals surface area contributed by atoms with Gasteiger partial charge in [-0.3, -0.25) is 4.90 Å². The maximum absolute atomic E-state index is 5.99. The highest BCUT2D eigenvalue weighted by Gasteiger charge is 2.06. The largest absolute Gasteiger partial charge is 0.497 e. The van der Waals surface area contributed by atoms with Crippen LogP contribution in [0.1, 0.15) is 11.1 Å². The lowest BCUT2D eigenvalue weighted by molar-refractivity contribution is 0.318. The van der Waals surface area contributed by atoms with Crippen LogP contribution in [0.4, 0.5) is 5.69 Å². The van der Waals surface area contributed by atoms with E-state index in [4.69, 9.17) is 14.9 Å². The Hall–Kier alpha value is -1.94. The molecule has 1 heterocycles. The summed E-state index contributed by atoms with van der Waals surface area (Å²) in [7, 11) is 3.69. The summed E-state index contributed by atoms with van der Waals surface area (Å²) in [4.78, 5) is 2.18. The van der Waals surface area contributed by atoms with E-state index in [9.17, 15) is 0 Å². The molecular weight excluding hydrogens is 228 g/mol. The van der Waals surface area contributed by atoms with Gasteiger partial charge in [0.2, 0.25) is 0 Å². The Morgan fingerprint density at radius 3 is 2.72 bits per heavy atom. The molecule has 0 atom stereocenters. The van der Waals surface area contributed by atoms with Crippen molar-refractivity contribution in [2.75, 3.05) is 19.9 Å². The zero-order valence-corrected chi connectivity index (χ0v) is 10.7. The molecule has 0 aliphatic carbocycles. The second kappa shape index (κ2) is 5.60. The fraction of sp³-hybridized carbons (Fsp3) is 0.286. The van der Waals surface area contributed by atoms with Crippen LogP contribution in [0.3, 0.4) is 0 Å². The minimum absolute atomic E-state index is 0.758. The van der Waals surface area contributed by atoms with Crippen molar-refractivity contribution in [3.63, 3.8) is 0 Å². The number of furan rings is 1. The number of rotatable bonds is 5. The van der Waals surface area contributed by atoms with Gasteiger partial charge in [-0.25, -0.2) is 0 Å². The first-order chi connectivity index (χ1) is 8.69. The maximum Gasteiger partial charge on any atom is 0.120 e. The van der Waals surface area contributed by atoms with Crippen LogP contribution in [0, 0.1) is 0 Å². The van der Waals surface area contributed by atoms with Gasteiger partial charge in [0.1, 0.15) is 5.75 Å². The summed E-state index contributed by atoms with van der Waals surface area (Å²) in [6.45, 7) is 1.63. The summed E-state index contributed by atoms with van der Waals surface area (Å²) in [6, 6.07) is 7.74. The van der Waals surface area contributed by atoms with Crippen LogP contribution < -0.4 is 10.5 Å². The Labute approximate surface area is 107 Å². The first kappa shape index (κ1) is 12.5. The molecule has 4 nitrogen and oxygen atoms in total. The van der Waals surface area contributed by atoms with Gasteiger partial charge in [0.05, 0.1) is 19.6 Å². The van der Waals surface area contributed by atoms with Crippen molar-refractivity contribution in [2.24, 2.45) is 0 Å². The molecule has 0 aliphatic heterocycles. The Morgan fingerprint density at radius 2 is 2.11 bits per heavy atom. The summed E-state index contributed by atoms with van der Waals surface area (Å²) in [5.74, 6) is 0.786. The zero-order valence-electron chi connectivity index (χ0n) is 10.7. The average molecular weight is 246 g/mol. The second-order valence-electron chi connectivity index (χ2n) is 4.37. The Kier molecular flexibility index (Phi) is 3.89. The normalized spacial score (nSPS) is 10.8. The van der Waals surface area contributed by atoms with Gasteiger partial charge < -0.3 is 14.9 Å². The number of nitrogen functional groups attached to an aromatic ring is 1. The molecule has 96 valence electrons. The lowest BCUT2D eigenvalue weighted by Crippen LogP contribution is -2.17. The highest BCUT2D eigenvalue weighted by Crippen LogP contribution is 2.21. The minimum Gasteiger partial charge on any atom is -0.497 e. The smallest absolute Gasteiger partial charge is 0.120 e. The molecule has 0 spiro atoms. The fourth-order valence-corrected chi connectivity index (χ4v) is 1.88. The molecule has 0 saturated heterocycles. The van der Waals surface area contributed by atoms with Crippen molar-refractivity contribution < 1.29 is 9.15 Å². The number of anilines is 1. The lowest BCUT2D eigenvalue weighted by atomic mass is 10.1. The predicted octanol–water partition coefficient (Wildman–Crippen LogP) is 2.50. The van der Waals surface area contributed by atoms with Crippen molar-refractivity contribution in [1.29, 1.82) is 0 Å². The van der Waals surface area contributed by atoms with Gasteiger partial charge in [0, 0.05) is 30.4 Å². The van der Waals surface area contributed by atoms with Gasteiger partial charge in [-0.2, -0.15) is 0 Å². The Balaban J connectivity index is 2.00. The van der Waals surface area contributed by atoms with Gasteiger partial charge in [-0.15, -0.1) is 0 Å². The van der Waals surface area contributed by atoms with E-state index in [0.717, 1.165) is 35.7 Å². The van der Waals surface area contributed by atoms with Crippen molar-refractivity contribution in [3.8, 4) is 5.75 Å². The van der Waals surface area contributed by atoms with Crippen LogP contribution in [-0.4, -0.2) is 19.1 Å². The molecule has 0 saturated carbocycles. The van der Waals surface area contributed by atoms with E-state index in [1.807, 2.05) is 24.3 Å². The number of hydrogen-bond donors (Lipinski definition) is 1. The minimum atomic E-state index is 0.758. The average Bonchev–Trinajstić information content (AvgIpc) is 2.84. The first-order valence-corrected chi connectivity index (χ1v) is 5.81. The second-order valence-corrected chi connectivity index (χ2v) is 4.37. The maximum atomic E-state index is 5.99. The molecule has 18 heavy (non-hydrogen) atoms. The SMILES string of the molecule is COc1ccc(CN(C)Cc2ccoc2)c(N)c1. The molecule has 1 aromatic heterocycles. The quantitative estimate of drug-likeness (QED) is 0.823. The van der Waals surface area contributed by atoms with Crippen molar-refractivity contribution in [1.82, 2.24) is 4.90 Å². The van der Waals surface area contributed by atoms with Crippen LogP contribution in [0.5, 0.6) is 5.75 Å². The zero-order chi connectivity index (χ0) is 13.0. The van der Waals surface area contributed by atoms with Gasteiger partial charge in [0.25, 0.3) is 0 Å². The number of benzene rings is 1. The van der Waals surface area contributed by atoms with Gasteiger partial charge in [-0.05, 0) is 24.7 Å². The van der Waals surface area contributed by atoms with Gasteiger partial charge in [0.15, 0.2) is 0 Å². The number of nitrogens with two attached hydrogens (primary N) is 1. The highest BCUT2D eigenvalue weighted by molar-refractivity contribution is 5.51. The molecule has 0 bridgehead atoms. The molecule has 0 amide bonds. The summed E-state index contributed by atoms with van der Waals surface area (Å²) in [5, 5.41) is 0. The van der Waals surface area contributed by atoms with Crippen LogP contribution in [-0.2, 0) is 13.1 Å². The third kappa shape index (κ3) is 3.05. The third-order valence-corrected chi connectivity index (χ3v) is 2.83. The van der Waals surface area contributed by atoms with E-state index in [1.165, 1.54) is 0 Å². The molecule has 0 unspecified atom stereocenters. The molecular formula is C14H18N2O2. The first-order valence-electron chi connectivity index (χ1n) is 5.81. The van der Waals surface area contributed by atoms with Gasteiger partial charge >= 0.3 is 0 Å². The van der Waals surface area contributed by atoms with Crippen molar-refractivity contribution >= 4 is 5.69 Å². The molecule has 0 radical (unpaired) electrons. The van der Waals surface area contributed by atoms with Crippen LogP contribution in [0.25, 0.3) is 0 Å². The van der Waals surface area contributed by atoms with Crippen LogP contribution in [0.15, 0.2) is 41.2 Å². The third-order valence-electron chi connectivity index (χ3n) is 2.83. The summed E-state index contributed by atoms with van der Waals surface area (Å²) < 4.78 is 10.2. The number of nitrogens with zero attached hydrogens (tertiary/aromatic N) is 1. The Morgan fingerprint density at radius 1 is 1.28 bits per heavy atom. The summed E-state index contributed by atoms with van der Waals surface area (Å²) >= 11 is 0. The molecule has 2 aromatic rings. The van der Waals surface area contributed by atoms with E-state index >= 15 is 0 Å². The van der Waals surface area contributed by atoms with Crippen LogP contribution >= 0.6 is 0 Å². The predicted molar refractivity (Wildman–Crippen MR) is 71.3 cm³/mol. The molecule has 4 heteroatoms. The highest BCUT2D eigenvalue weighted by atomic mass is 16.5. The molecule has 2 N–H and O–H groups in total. The van der Waals surface area contributed by atoms with E-state index < -0.39 is 0 Å². The molecule has 1 aromatic carbocycles. The standard InChI is InChI=1S/C14H18N2O2/c1-16(8-11-5-6-18-10-11)9-12-3-4-13(17-2)7-14(12)15/h3-7,10H,8-9,15H2,1-2H3. The number of methoxy groups -OCH3 is 1. The van der Waals surface area contributed by atoms with E-state index in [1.54, 1.807) is 19.6 Å². The topological polar surface area (TPSA) is 51.6 Å². The number of hydrogen-bond acceptors (Lipinski definition) is 4. The monoisotopic (exact) mass is 246 g/mol. The van der Waals surface area contributed by atoms with E-state index in [0.29, 0.717) is 0 Å². The fourth-order valence-electron chi connectivity index (χ4n) is 1.88. The molecule has 2 rings (SSSR count). The van der Waals surface area contributed by atoms with E-state index in [2.05, 4.69) is 11.9 Å². The molecule has 0 fully saturated rings. The molecule has 0 aliphatic rings. The lowest BCUT2D eigenvalue weighted by Gasteiger charge is -2.17. The van der Waals surface area contributed by atoms with E-state index in [-0.39, 0.29) is 0 Å². The Bertz CT molecular complexity index is 495. The van der Waals surface area contributed by atoms with Crippen molar-refractivity contribution in [3.05, 3.63) is 47.9 Å². The number of ether oxygens (including phenoxy) is 1. The summed E-state index contributed by atoms with van der Waals surface area (Å²) in [5.41, 5.74) is 9.01. The van der Waals surface area contributed by atoms with Gasteiger partial charge in [-0.1, -0.05) is 6.07 Å².